The summed E-state index contributed by atoms with van der Waals surface area (Å²) < 4.78 is 12.4. The lowest BCUT2D eigenvalue weighted by Gasteiger charge is -1.99. The summed E-state index contributed by atoms with van der Waals surface area (Å²) >= 11 is 0. The van der Waals surface area contributed by atoms with Crippen molar-refractivity contribution in [2.24, 2.45) is 0 Å². The van der Waals surface area contributed by atoms with Gasteiger partial charge in [0.25, 0.3) is 0 Å². The van der Waals surface area contributed by atoms with Gasteiger partial charge < -0.3 is 9.47 Å². The minimum absolute atomic E-state index is 0.544. The number of rotatable bonds is 8. The van der Waals surface area contributed by atoms with Crippen molar-refractivity contribution in [1.82, 2.24) is 15.0 Å². The molecule has 0 aliphatic carbocycles. The quantitative estimate of drug-likeness (QED) is 0.610. The van der Waals surface area contributed by atoms with Crippen LogP contribution >= 0.6 is 0 Å². The topological polar surface area (TPSA) is 49.2 Å². The Morgan fingerprint density at radius 2 is 2.13 bits per heavy atom. The van der Waals surface area contributed by atoms with E-state index in [9.17, 15) is 0 Å². The minimum atomic E-state index is 0.544. The molecule has 0 radical (unpaired) electrons. The summed E-state index contributed by atoms with van der Waals surface area (Å²) in [4.78, 5) is 0. The van der Waals surface area contributed by atoms with Crippen LogP contribution in [-0.4, -0.2) is 34.8 Å². The van der Waals surface area contributed by atoms with Gasteiger partial charge in [0.2, 0.25) is 0 Å². The van der Waals surface area contributed by atoms with Crippen molar-refractivity contribution in [2.45, 2.75) is 33.4 Å². The first-order valence-electron chi connectivity index (χ1n) is 5.41. The van der Waals surface area contributed by atoms with Gasteiger partial charge in [-0.05, 0) is 13.3 Å². The normalized spacial score (nSPS) is 10.8. The van der Waals surface area contributed by atoms with Crippen LogP contribution in [0.15, 0.2) is 6.20 Å². The molecule has 1 aromatic heterocycles. The Bertz CT molecular complexity index is 238. The molecule has 1 rings (SSSR count). The fraction of sp³-hybridized carbons (Fsp3) is 0.800. The second kappa shape index (κ2) is 7.36. The number of nitrogens with zero attached hydrogens (tertiary/aromatic N) is 3. The number of ether oxygens (including phenoxy) is 2. The molecule has 0 aliphatic heterocycles. The Hall–Kier alpha value is -0.940. The highest BCUT2D eigenvalue weighted by Crippen LogP contribution is 1.96. The molecule has 0 amide bonds. The van der Waals surface area contributed by atoms with Gasteiger partial charge in [-0.25, -0.2) is 4.68 Å². The van der Waals surface area contributed by atoms with E-state index >= 15 is 0 Å². The summed E-state index contributed by atoms with van der Waals surface area (Å²) in [7, 11) is 0. The Balaban J connectivity index is 2.23. The molecule has 15 heavy (non-hydrogen) atoms. The Morgan fingerprint density at radius 1 is 1.27 bits per heavy atom. The molecular weight excluding hydrogens is 194 g/mol. The monoisotopic (exact) mass is 213 g/mol. The molecule has 0 atom stereocenters. The highest BCUT2D eigenvalue weighted by molar-refractivity contribution is 4.89. The summed E-state index contributed by atoms with van der Waals surface area (Å²) in [5, 5.41) is 7.97. The van der Waals surface area contributed by atoms with E-state index in [4.69, 9.17) is 9.47 Å². The number of hydrogen-bond acceptors (Lipinski definition) is 4. The minimum Gasteiger partial charge on any atom is -0.380 e. The first-order valence-corrected chi connectivity index (χ1v) is 5.41. The van der Waals surface area contributed by atoms with Gasteiger partial charge in [0.15, 0.2) is 0 Å². The average Bonchev–Trinajstić information content (AvgIpc) is 2.67. The van der Waals surface area contributed by atoms with Crippen LogP contribution in [0, 0.1) is 0 Å². The van der Waals surface area contributed by atoms with E-state index in [1.54, 1.807) is 4.68 Å². The molecule has 0 saturated carbocycles. The molecule has 0 unspecified atom stereocenters. The molecular formula is C10H19N3O2. The third-order valence-electron chi connectivity index (χ3n) is 1.85. The standard InChI is InChI=1S/C10H19N3O2/c1-3-6-15-9-10-8-13(12-11-10)5-7-14-4-2/h8H,3-7,9H2,1-2H3. The molecule has 1 aromatic rings. The summed E-state index contributed by atoms with van der Waals surface area (Å²) in [6.45, 7) is 7.53. The van der Waals surface area contributed by atoms with Gasteiger partial charge in [-0.2, -0.15) is 0 Å². The van der Waals surface area contributed by atoms with Crippen molar-refractivity contribution in [3.8, 4) is 0 Å². The second-order valence-electron chi connectivity index (χ2n) is 3.22. The summed E-state index contributed by atoms with van der Waals surface area (Å²) in [6.07, 6.45) is 2.92. The summed E-state index contributed by atoms with van der Waals surface area (Å²) in [5.41, 5.74) is 0.875. The van der Waals surface area contributed by atoms with Crippen LogP contribution in [0.1, 0.15) is 26.0 Å². The fourth-order valence-corrected chi connectivity index (χ4v) is 1.14. The van der Waals surface area contributed by atoms with Crippen molar-refractivity contribution >= 4 is 0 Å². The van der Waals surface area contributed by atoms with E-state index in [1.165, 1.54) is 0 Å². The van der Waals surface area contributed by atoms with Crippen LogP contribution in [0.2, 0.25) is 0 Å². The van der Waals surface area contributed by atoms with Crippen LogP contribution in [0.3, 0.4) is 0 Å². The van der Waals surface area contributed by atoms with Crippen molar-refractivity contribution in [1.29, 1.82) is 0 Å². The summed E-state index contributed by atoms with van der Waals surface area (Å²) in [6, 6.07) is 0. The Labute approximate surface area is 90.4 Å². The third kappa shape index (κ3) is 4.90. The van der Waals surface area contributed by atoms with Gasteiger partial charge >= 0.3 is 0 Å². The van der Waals surface area contributed by atoms with E-state index in [0.29, 0.717) is 13.2 Å². The molecule has 0 spiro atoms. The molecule has 0 N–H and O–H groups in total. The molecule has 0 bridgehead atoms. The SMILES string of the molecule is CCCOCc1cn(CCOCC)nn1. The molecule has 5 heteroatoms. The maximum atomic E-state index is 5.36. The smallest absolute Gasteiger partial charge is 0.108 e. The number of aromatic nitrogens is 3. The molecule has 1 heterocycles. The van der Waals surface area contributed by atoms with Gasteiger partial charge in [-0.1, -0.05) is 12.1 Å². The van der Waals surface area contributed by atoms with Gasteiger partial charge in [-0.15, -0.1) is 5.10 Å². The van der Waals surface area contributed by atoms with Crippen molar-refractivity contribution in [2.75, 3.05) is 19.8 Å². The zero-order valence-electron chi connectivity index (χ0n) is 9.48. The molecule has 0 fully saturated rings. The summed E-state index contributed by atoms with van der Waals surface area (Å²) in [5.74, 6) is 0. The maximum absolute atomic E-state index is 5.36. The lowest BCUT2D eigenvalue weighted by molar-refractivity contribution is 0.118. The highest BCUT2D eigenvalue weighted by Gasteiger charge is 2.00. The predicted molar refractivity (Wildman–Crippen MR) is 56.5 cm³/mol. The van der Waals surface area contributed by atoms with Gasteiger partial charge in [0.1, 0.15) is 5.69 Å². The van der Waals surface area contributed by atoms with E-state index in [2.05, 4.69) is 17.2 Å². The van der Waals surface area contributed by atoms with E-state index in [1.807, 2.05) is 13.1 Å². The Morgan fingerprint density at radius 3 is 2.87 bits per heavy atom. The van der Waals surface area contributed by atoms with Crippen molar-refractivity contribution < 1.29 is 9.47 Å². The lowest BCUT2D eigenvalue weighted by Crippen LogP contribution is -2.06. The maximum Gasteiger partial charge on any atom is 0.108 e. The molecule has 0 aliphatic rings. The van der Waals surface area contributed by atoms with E-state index in [-0.39, 0.29) is 0 Å². The van der Waals surface area contributed by atoms with Crippen LogP contribution in [0.5, 0.6) is 0 Å². The highest BCUT2D eigenvalue weighted by atomic mass is 16.5. The predicted octanol–water partition coefficient (Wildman–Crippen LogP) is 1.24. The van der Waals surface area contributed by atoms with Crippen LogP contribution in [0.4, 0.5) is 0 Å². The lowest BCUT2D eigenvalue weighted by atomic mass is 10.5. The second-order valence-corrected chi connectivity index (χ2v) is 3.22. The average molecular weight is 213 g/mol. The van der Waals surface area contributed by atoms with Gasteiger partial charge in [0, 0.05) is 13.2 Å². The third-order valence-corrected chi connectivity index (χ3v) is 1.85. The van der Waals surface area contributed by atoms with Crippen molar-refractivity contribution in [3.63, 3.8) is 0 Å². The first kappa shape index (κ1) is 12.1. The Kier molecular flexibility index (Phi) is 5.96. The van der Waals surface area contributed by atoms with Crippen LogP contribution in [-0.2, 0) is 22.6 Å². The molecule has 0 aromatic carbocycles. The number of hydrogen-bond donors (Lipinski definition) is 0. The fourth-order valence-electron chi connectivity index (χ4n) is 1.14. The molecule has 5 nitrogen and oxygen atoms in total. The van der Waals surface area contributed by atoms with Gasteiger partial charge in [0.05, 0.1) is 26.0 Å². The zero-order valence-corrected chi connectivity index (χ0v) is 9.48. The van der Waals surface area contributed by atoms with Gasteiger partial charge in [-0.3, -0.25) is 0 Å². The molecule has 0 saturated heterocycles. The largest absolute Gasteiger partial charge is 0.380 e. The van der Waals surface area contributed by atoms with Crippen LogP contribution < -0.4 is 0 Å². The van der Waals surface area contributed by atoms with Crippen molar-refractivity contribution in [3.05, 3.63) is 11.9 Å². The molecule has 86 valence electrons. The van der Waals surface area contributed by atoms with E-state index < -0.39 is 0 Å². The van der Waals surface area contributed by atoms with Crippen LogP contribution in [0.25, 0.3) is 0 Å². The zero-order chi connectivity index (χ0) is 10.9. The first-order chi connectivity index (χ1) is 7.36. The van der Waals surface area contributed by atoms with E-state index in [0.717, 1.165) is 31.9 Å².